The van der Waals surface area contributed by atoms with Crippen LogP contribution in [0.5, 0.6) is 0 Å². The van der Waals surface area contributed by atoms with E-state index in [2.05, 4.69) is 13.8 Å². The zero-order chi connectivity index (χ0) is 16.6. The van der Waals surface area contributed by atoms with Crippen molar-refractivity contribution in [3.63, 3.8) is 0 Å². The molecule has 0 bridgehead atoms. The molecule has 0 saturated heterocycles. The molecular formula is C19H18O3S. The Morgan fingerprint density at radius 2 is 1.65 bits per heavy atom. The van der Waals surface area contributed by atoms with Crippen LogP contribution in [0.3, 0.4) is 0 Å². The van der Waals surface area contributed by atoms with E-state index >= 15 is 0 Å². The van der Waals surface area contributed by atoms with Crippen molar-refractivity contribution in [2.45, 2.75) is 24.7 Å². The maximum atomic E-state index is 12.6. The first-order chi connectivity index (χ1) is 10.9. The highest BCUT2D eigenvalue weighted by atomic mass is 32.2. The summed E-state index contributed by atoms with van der Waals surface area (Å²) >= 11 is 0. The molecule has 0 saturated carbocycles. The predicted molar refractivity (Wildman–Crippen MR) is 91.3 cm³/mol. The summed E-state index contributed by atoms with van der Waals surface area (Å²) in [5.74, 6) is -0.0157. The number of Topliss-reactive ketones (excluding diaryl/α,β-unsaturated/α-hetero) is 1. The lowest BCUT2D eigenvalue weighted by Crippen LogP contribution is -2.24. The van der Waals surface area contributed by atoms with Crippen LogP contribution in [0.2, 0.25) is 0 Å². The molecule has 2 aromatic rings. The molecule has 2 aromatic carbocycles. The van der Waals surface area contributed by atoms with E-state index in [9.17, 15) is 13.2 Å². The first-order valence-corrected chi connectivity index (χ1v) is 9.21. The molecule has 0 fully saturated rings. The zero-order valence-electron chi connectivity index (χ0n) is 13.1. The van der Waals surface area contributed by atoms with E-state index in [-0.39, 0.29) is 22.0 Å². The lowest BCUT2D eigenvalue weighted by Gasteiger charge is -2.17. The molecule has 0 spiro atoms. The van der Waals surface area contributed by atoms with Crippen molar-refractivity contribution in [2.24, 2.45) is 0 Å². The maximum absolute atomic E-state index is 12.6. The smallest absolute Gasteiger partial charge is 0.191 e. The van der Waals surface area contributed by atoms with Gasteiger partial charge in [-0.3, -0.25) is 4.79 Å². The van der Waals surface area contributed by atoms with Gasteiger partial charge in [0.2, 0.25) is 0 Å². The first-order valence-electron chi connectivity index (χ1n) is 7.55. The molecule has 0 amide bonds. The summed E-state index contributed by atoms with van der Waals surface area (Å²) in [5.41, 5.74) is 2.64. The molecule has 3 nitrogen and oxygen atoms in total. The van der Waals surface area contributed by atoms with Crippen molar-refractivity contribution in [3.05, 3.63) is 70.8 Å². The van der Waals surface area contributed by atoms with Gasteiger partial charge >= 0.3 is 0 Å². The average molecular weight is 326 g/mol. The van der Waals surface area contributed by atoms with Crippen molar-refractivity contribution >= 4 is 21.7 Å². The van der Waals surface area contributed by atoms with E-state index in [0.717, 1.165) is 5.56 Å². The summed E-state index contributed by atoms with van der Waals surface area (Å²) in [4.78, 5) is 12.7. The van der Waals surface area contributed by atoms with Gasteiger partial charge in [-0.25, -0.2) is 8.42 Å². The maximum Gasteiger partial charge on any atom is 0.191 e. The summed E-state index contributed by atoms with van der Waals surface area (Å²) < 4.78 is 24.7. The Kier molecular flexibility index (Phi) is 3.94. The van der Waals surface area contributed by atoms with E-state index < -0.39 is 9.84 Å². The number of carbonyl (C=O) groups is 1. The third kappa shape index (κ3) is 2.99. The fourth-order valence-electron chi connectivity index (χ4n) is 2.73. The zero-order valence-corrected chi connectivity index (χ0v) is 13.9. The van der Waals surface area contributed by atoms with E-state index in [4.69, 9.17) is 0 Å². The third-order valence-electron chi connectivity index (χ3n) is 4.05. The second-order valence-corrected chi connectivity index (χ2v) is 8.03. The predicted octanol–water partition coefficient (Wildman–Crippen LogP) is 3.86. The van der Waals surface area contributed by atoms with Gasteiger partial charge in [-0.1, -0.05) is 50.2 Å². The monoisotopic (exact) mass is 326 g/mol. The van der Waals surface area contributed by atoms with Crippen molar-refractivity contribution in [1.82, 2.24) is 0 Å². The van der Waals surface area contributed by atoms with Crippen LogP contribution in [0.15, 0.2) is 59.0 Å². The second kappa shape index (κ2) is 5.78. The lowest BCUT2D eigenvalue weighted by molar-refractivity contribution is 0.103. The highest BCUT2D eigenvalue weighted by Crippen LogP contribution is 2.29. The lowest BCUT2D eigenvalue weighted by atomic mass is 9.99. The van der Waals surface area contributed by atoms with Crippen molar-refractivity contribution in [3.8, 4) is 0 Å². The molecule has 118 valence electrons. The number of rotatable bonds is 2. The molecule has 0 radical (unpaired) electrons. The van der Waals surface area contributed by atoms with Gasteiger partial charge < -0.3 is 0 Å². The number of sulfone groups is 1. The summed E-state index contributed by atoms with van der Waals surface area (Å²) in [5, 5.41) is 0. The molecule has 1 heterocycles. The molecule has 1 aliphatic rings. The minimum Gasteiger partial charge on any atom is -0.289 e. The van der Waals surface area contributed by atoms with Gasteiger partial charge in [0.25, 0.3) is 0 Å². The molecule has 0 atom stereocenters. The molecule has 23 heavy (non-hydrogen) atoms. The Morgan fingerprint density at radius 3 is 2.30 bits per heavy atom. The largest absolute Gasteiger partial charge is 0.289 e. The highest BCUT2D eigenvalue weighted by molar-refractivity contribution is 7.91. The highest BCUT2D eigenvalue weighted by Gasteiger charge is 2.32. The topological polar surface area (TPSA) is 51.2 Å². The van der Waals surface area contributed by atoms with Gasteiger partial charge in [0.1, 0.15) is 0 Å². The quantitative estimate of drug-likeness (QED) is 0.787. The van der Waals surface area contributed by atoms with Gasteiger partial charge in [-0.15, -0.1) is 0 Å². The van der Waals surface area contributed by atoms with E-state index in [1.807, 2.05) is 24.3 Å². The molecule has 4 heteroatoms. The fraction of sp³-hybridized carbons (Fsp3) is 0.211. The van der Waals surface area contributed by atoms with Gasteiger partial charge in [0, 0.05) is 11.1 Å². The van der Waals surface area contributed by atoms with Gasteiger partial charge in [0.15, 0.2) is 15.6 Å². The number of hydrogen-bond donors (Lipinski definition) is 0. The van der Waals surface area contributed by atoms with Crippen LogP contribution < -0.4 is 0 Å². The molecule has 0 aliphatic carbocycles. The number of benzene rings is 2. The number of hydrogen-bond acceptors (Lipinski definition) is 3. The second-order valence-electron chi connectivity index (χ2n) is 6.08. The van der Waals surface area contributed by atoms with Crippen molar-refractivity contribution in [1.29, 1.82) is 0 Å². The van der Waals surface area contributed by atoms with Crippen molar-refractivity contribution in [2.75, 3.05) is 5.75 Å². The SMILES string of the molecule is CC(C)c1ccc(/C=C2/CS(=O)(=O)c3ccccc3C2=O)cc1. The Morgan fingerprint density at radius 1 is 1.00 bits per heavy atom. The van der Waals surface area contributed by atoms with Gasteiger partial charge in [-0.05, 0) is 35.3 Å². The molecular weight excluding hydrogens is 308 g/mol. The van der Waals surface area contributed by atoms with Crippen LogP contribution in [0.1, 0.15) is 41.3 Å². The summed E-state index contributed by atoms with van der Waals surface area (Å²) in [6.45, 7) is 4.23. The first kappa shape index (κ1) is 15.7. The number of fused-ring (bicyclic) bond motifs is 1. The normalized spacial score (nSPS) is 18.2. The minimum absolute atomic E-state index is 0.136. The Bertz CT molecular complexity index is 888. The summed E-state index contributed by atoms with van der Waals surface area (Å²) in [7, 11) is -3.45. The van der Waals surface area contributed by atoms with Crippen LogP contribution in [0, 0.1) is 0 Å². The molecule has 0 unspecified atom stereocenters. The molecule has 1 aliphatic heterocycles. The van der Waals surface area contributed by atoms with Crippen molar-refractivity contribution < 1.29 is 13.2 Å². The van der Waals surface area contributed by atoms with Crippen LogP contribution in [0.4, 0.5) is 0 Å². The van der Waals surface area contributed by atoms with Crippen LogP contribution in [0.25, 0.3) is 6.08 Å². The standard InChI is InChI=1S/C19H18O3S/c1-13(2)15-9-7-14(8-10-15)11-16-12-23(21,22)18-6-4-3-5-17(18)19(16)20/h3-11,13H,12H2,1-2H3/b16-11-. The minimum atomic E-state index is -3.45. The summed E-state index contributed by atoms with van der Waals surface area (Å²) in [6.07, 6.45) is 1.68. The third-order valence-corrected chi connectivity index (χ3v) is 5.77. The average Bonchev–Trinajstić information content (AvgIpc) is 2.53. The van der Waals surface area contributed by atoms with Gasteiger partial charge in [-0.2, -0.15) is 0 Å². The number of carbonyl (C=O) groups excluding carboxylic acids is 1. The molecule has 0 aromatic heterocycles. The van der Waals surface area contributed by atoms with Gasteiger partial charge in [0.05, 0.1) is 10.6 Å². The Labute approximate surface area is 136 Å². The van der Waals surface area contributed by atoms with Crippen LogP contribution >= 0.6 is 0 Å². The Hall–Kier alpha value is -2.20. The molecule has 3 rings (SSSR count). The van der Waals surface area contributed by atoms with E-state index in [1.165, 1.54) is 11.6 Å². The number of ketones is 1. The van der Waals surface area contributed by atoms with Crippen LogP contribution in [-0.4, -0.2) is 20.0 Å². The fourth-order valence-corrected chi connectivity index (χ4v) is 4.29. The van der Waals surface area contributed by atoms with E-state index in [0.29, 0.717) is 11.5 Å². The van der Waals surface area contributed by atoms with Crippen LogP contribution in [-0.2, 0) is 9.84 Å². The van der Waals surface area contributed by atoms with E-state index in [1.54, 1.807) is 24.3 Å². The Balaban J connectivity index is 2.03. The molecule has 0 N–H and O–H groups in total. The summed E-state index contributed by atoms with van der Waals surface area (Å²) in [6, 6.07) is 14.3.